The highest BCUT2D eigenvalue weighted by Gasteiger charge is 2.30. The summed E-state index contributed by atoms with van der Waals surface area (Å²) in [5.74, 6) is 1.49. The highest BCUT2D eigenvalue weighted by molar-refractivity contribution is 5.86. The summed E-state index contributed by atoms with van der Waals surface area (Å²) in [5, 5.41) is 0. The summed E-state index contributed by atoms with van der Waals surface area (Å²) in [4.78, 5) is 16.1. The van der Waals surface area contributed by atoms with E-state index in [1.54, 1.807) is 12.4 Å². The van der Waals surface area contributed by atoms with E-state index < -0.39 is 11.7 Å². The van der Waals surface area contributed by atoms with Crippen LogP contribution in [0.25, 0.3) is 23.3 Å². The van der Waals surface area contributed by atoms with Gasteiger partial charge in [-0.2, -0.15) is 13.2 Å². The van der Waals surface area contributed by atoms with Crippen LogP contribution in [0.5, 0.6) is 0 Å². The van der Waals surface area contributed by atoms with Gasteiger partial charge in [0.1, 0.15) is 18.4 Å². The number of ether oxygens (including phenoxy) is 1. The molecule has 0 amide bonds. The molecule has 1 atom stereocenters. The molecule has 0 spiro atoms. The monoisotopic (exact) mass is 443 g/mol. The van der Waals surface area contributed by atoms with Crippen molar-refractivity contribution in [3.05, 3.63) is 47.5 Å². The molecule has 168 valence electrons. The third kappa shape index (κ3) is 4.09. The van der Waals surface area contributed by atoms with Crippen molar-refractivity contribution in [3.8, 4) is 0 Å². The Balaban J connectivity index is 1.54. The average molecular weight is 443 g/mol. The molecule has 2 fully saturated rings. The topological polar surface area (TPSA) is 56.1 Å². The van der Waals surface area contributed by atoms with Crippen molar-refractivity contribution in [1.29, 1.82) is 0 Å². The van der Waals surface area contributed by atoms with Crippen LogP contribution in [0.1, 0.15) is 55.3 Å². The Morgan fingerprint density at radius 1 is 0.969 bits per heavy atom. The molecule has 2 saturated heterocycles. The molecule has 2 aliphatic heterocycles. The molecule has 0 radical (unpaired) electrons. The Kier molecular flexibility index (Phi) is 5.58. The van der Waals surface area contributed by atoms with Crippen LogP contribution in [0.15, 0.2) is 30.6 Å². The van der Waals surface area contributed by atoms with Gasteiger partial charge in [-0.3, -0.25) is 4.57 Å². The zero-order valence-electron chi connectivity index (χ0n) is 17.6. The Labute approximate surface area is 183 Å². The number of rotatable bonds is 4. The Bertz CT molecular complexity index is 1110. The third-order valence-corrected chi connectivity index (χ3v) is 6.00. The van der Waals surface area contributed by atoms with Crippen LogP contribution in [0.4, 0.5) is 19.0 Å². The van der Waals surface area contributed by atoms with Crippen molar-refractivity contribution >= 4 is 29.1 Å². The Hall–Kier alpha value is -2.94. The fourth-order valence-electron chi connectivity index (χ4n) is 4.36. The Morgan fingerprint density at radius 3 is 2.44 bits per heavy atom. The van der Waals surface area contributed by atoms with Gasteiger partial charge in [-0.25, -0.2) is 15.0 Å². The van der Waals surface area contributed by atoms with E-state index in [1.165, 1.54) is 12.1 Å². The van der Waals surface area contributed by atoms with Gasteiger partial charge in [0, 0.05) is 19.7 Å². The molecule has 0 N–H and O–H groups in total. The zero-order valence-corrected chi connectivity index (χ0v) is 17.6. The SMILES string of the molecule is FC(F)(F)c1ccc(/C=C/c2nc3c(N4CCCC4)ncnc3n2C2CCCCO2)cc1. The molecular formula is C23H24F3N5O. The minimum atomic E-state index is -4.35. The van der Waals surface area contributed by atoms with Crippen LogP contribution >= 0.6 is 0 Å². The number of nitrogens with zero attached hydrogens (tertiary/aromatic N) is 5. The average Bonchev–Trinajstić information content (AvgIpc) is 3.46. The van der Waals surface area contributed by atoms with Gasteiger partial charge in [-0.1, -0.05) is 18.2 Å². The summed E-state index contributed by atoms with van der Waals surface area (Å²) in [5.41, 5.74) is 1.45. The molecule has 1 unspecified atom stereocenters. The second-order valence-electron chi connectivity index (χ2n) is 8.18. The van der Waals surface area contributed by atoms with Crippen molar-refractivity contribution in [2.24, 2.45) is 0 Å². The first-order chi connectivity index (χ1) is 15.5. The maximum Gasteiger partial charge on any atom is 0.416 e. The molecule has 9 heteroatoms. The summed E-state index contributed by atoms with van der Waals surface area (Å²) in [7, 11) is 0. The lowest BCUT2D eigenvalue weighted by Gasteiger charge is -2.25. The first-order valence-corrected chi connectivity index (χ1v) is 11.0. The number of imidazole rings is 1. The fraction of sp³-hybridized carbons (Fsp3) is 0.435. The van der Waals surface area contributed by atoms with Gasteiger partial charge >= 0.3 is 6.18 Å². The molecule has 5 rings (SSSR count). The number of aromatic nitrogens is 4. The first kappa shape index (κ1) is 20.9. The highest BCUT2D eigenvalue weighted by Crippen LogP contribution is 2.33. The standard InChI is InChI=1S/C23H24F3N5O/c24-23(25,26)17-9-6-16(7-10-17)8-11-18-29-20-21(30-12-2-3-13-30)27-15-28-22(20)31(18)19-5-1-4-14-32-19/h6-11,15,19H,1-5,12-14H2/b11-8+. The number of alkyl halides is 3. The number of fused-ring (bicyclic) bond motifs is 1. The third-order valence-electron chi connectivity index (χ3n) is 6.00. The van der Waals surface area contributed by atoms with Crippen LogP contribution < -0.4 is 4.90 Å². The lowest BCUT2D eigenvalue weighted by molar-refractivity contribution is -0.137. The van der Waals surface area contributed by atoms with Gasteiger partial charge in [-0.15, -0.1) is 0 Å². The van der Waals surface area contributed by atoms with Gasteiger partial charge in [-0.05, 0) is 55.9 Å². The van der Waals surface area contributed by atoms with E-state index in [1.807, 2.05) is 10.6 Å². The molecule has 4 heterocycles. The van der Waals surface area contributed by atoms with E-state index in [0.29, 0.717) is 18.0 Å². The van der Waals surface area contributed by atoms with Crippen LogP contribution in [-0.4, -0.2) is 39.2 Å². The second kappa shape index (κ2) is 8.54. The van der Waals surface area contributed by atoms with Crippen molar-refractivity contribution in [2.75, 3.05) is 24.6 Å². The number of benzene rings is 1. The van der Waals surface area contributed by atoms with E-state index in [2.05, 4.69) is 14.9 Å². The molecule has 2 aliphatic rings. The fourth-order valence-corrected chi connectivity index (χ4v) is 4.36. The van der Waals surface area contributed by atoms with Gasteiger partial charge in [0.2, 0.25) is 0 Å². The lowest BCUT2D eigenvalue weighted by Crippen LogP contribution is -2.20. The van der Waals surface area contributed by atoms with Crippen molar-refractivity contribution in [1.82, 2.24) is 19.5 Å². The minimum absolute atomic E-state index is 0.178. The molecule has 3 aromatic rings. The van der Waals surface area contributed by atoms with Gasteiger partial charge in [0.05, 0.1) is 5.56 Å². The summed E-state index contributed by atoms with van der Waals surface area (Å²) in [6.07, 6.45) is 5.80. The molecule has 0 saturated carbocycles. The lowest BCUT2D eigenvalue weighted by atomic mass is 10.1. The van der Waals surface area contributed by atoms with Crippen molar-refractivity contribution in [3.63, 3.8) is 0 Å². The van der Waals surface area contributed by atoms with E-state index in [0.717, 1.165) is 74.3 Å². The minimum Gasteiger partial charge on any atom is -0.358 e. The smallest absolute Gasteiger partial charge is 0.358 e. The molecule has 1 aromatic carbocycles. The summed E-state index contributed by atoms with van der Waals surface area (Å²) < 4.78 is 46.6. The normalized spacial score (nSPS) is 20.0. The highest BCUT2D eigenvalue weighted by atomic mass is 19.4. The number of anilines is 1. The molecule has 0 aliphatic carbocycles. The summed E-state index contributed by atoms with van der Waals surface area (Å²) in [6, 6.07) is 5.09. The van der Waals surface area contributed by atoms with E-state index in [-0.39, 0.29) is 6.23 Å². The largest absolute Gasteiger partial charge is 0.416 e. The van der Waals surface area contributed by atoms with Crippen molar-refractivity contribution < 1.29 is 17.9 Å². The predicted octanol–water partition coefficient (Wildman–Crippen LogP) is 5.31. The van der Waals surface area contributed by atoms with Gasteiger partial charge < -0.3 is 9.64 Å². The summed E-state index contributed by atoms with van der Waals surface area (Å²) in [6.45, 7) is 2.56. The first-order valence-electron chi connectivity index (χ1n) is 11.0. The molecule has 2 aromatic heterocycles. The molecule has 6 nitrogen and oxygen atoms in total. The molecular weight excluding hydrogens is 419 g/mol. The quantitative estimate of drug-likeness (QED) is 0.547. The van der Waals surface area contributed by atoms with Crippen LogP contribution in [0.3, 0.4) is 0 Å². The van der Waals surface area contributed by atoms with Crippen LogP contribution in [-0.2, 0) is 10.9 Å². The zero-order chi connectivity index (χ0) is 22.1. The van der Waals surface area contributed by atoms with E-state index in [4.69, 9.17) is 9.72 Å². The number of halogens is 3. The maximum atomic E-state index is 12.9. The van der Waals surface area contributed by atoms with Crippen LogP contribution in [0.2, 0.25) is 0 Å². The molecule has 0 bridgehead atoms. The maximum absolute atomic E-state index is 12.9. The second-order valence-corrected chi connectivity index (χ2v) is 8.18. The molecule has 32 heavy (non-hydrogen) atoms. The van der Waals surface area contributed by atoms with Gasteiger partial charge in [0.25, 0.3) is 0 Å². The predicted molar refractivity (Wildman–Crippen MR) is 116 cm³/mol. The van der Waals surface area contributed by atoms with E-state index in [9.17, 15) is 13.2 Å². The van der Waals surface area contributed by atoms with Gasteiger partial charge in [0.15, 0.2) is 17.0 Å². The summed E-state index contributed by atoms with van der Waals surface area (Å²) >= 11 is 0. The van der Waals surface area contributed by atoms with Crippen LogP contribution in [0, 0.1) is 0 Å². The number of hydrogen-bond donors (Lipinski definition) is 0. The van der Waals surface area contributed by atoms with E-state index >= 15 is 0 Å². The Morgan fingerprint density at radius 2 is 1.75 bits per heavy atom. The number of hydrogen-bond acceptors (Lipinski definition) is 5. The van der Waals surface area contributed by atoms with Crippen molar-refractivity contribution in [2.45, 2.75) is 44.5 Å².